The number of rotatable bonds is 10. The Morgan fingerprint density at radius 3 is 2.26 bits per heavy atom. The number of nitrogens with two attached hydrogens (primary N) is 1. The molecule has 0 bridgehead atoms. The number of carbonyl (C=O) groups excluding carboxylic acids is 4. The highest BCUT2D eigenvalue weighted by atomic mass is 32.2. The summed E-state index contributed by atoms with van der Waals surface area (Å²) < 4.78 is 5.14. The van der Waals surface area contributed by atoms with Gasteiger partial charge in [-0.05, 0) is 36.8 Å². The van der Waals surface area contributed by atoms with Crippen LogP contribution >= 0.6 is 11.8 Å². The maximum Gasteiger partial charge on any atom is 0.339 e. The van der Waals surface area contributed by atoms with Crippen LogP contribution in [0.5, 0.6) is 0 Å². The first kappa shape index (κ1) is 25.5. The number of carbonyl (C=O) groups is 4. The van der Waals surface area contributed by atoms with Crippen molar-refractivity contribution in [2.75, 3.05) is 17.7 Å². The summed E-state index contributed by atoms with van der Waals surface area (Å²) in [6.07, 6.45) is 0. The average Bonchev–Trinajstić information content (AvgIpc) is 2.86. The second kappa shape index (κ2) is 12.4. The van der Waals surface area contributed by atoms with Crippen LogP contribution in [0.2, 0.25) is 0 Å². The number of para-hydroxylation sites is 1. The first-order valence-corrected chi connectivity index (χ1v) is 11.7. The lowest BCUT2D eigenvalue weighted by Crippen LogP contribution is -2.26. The molecule has 0 saturated carbocycles. The number of esters is 1. The molecule has 3 aromatic rings. The lowest BCUT2D eigenvalue weighted by atomic mass is 10.1. The summed E-state index contributed by atoms with van der Waals surface area (Å²) in [5.41, 5.74) is 8.05. The van der Waals surface area contributed by atoms with Crippen molar-refractivity contribution >= 4 is 41.1 Å². The van der Waals surface area contributed by atoms with Gasteiger partial charge in [-0.2, -0.15) is 0 Å². The highest BCUT2D eigenvalue weighted by molar-refractivity contribution is 8.00. The normalized spacial score (nSPS) is 10.3. The molecule has 0 fully saturated rings. The van der Waals surface area contributed by atoms with Crippen molar-refractivity contribution in [2.45, 2.75) is 18.4 Å². The van der Waals surface area contributed by atoms with Crippen molar-refractivity contribution in [3.63, 3.8) is 0 Å². The Morgan fingerprint density at radius 1 is 0.886 bits per heavy atom. The van der Waals surface area contributed by atoms with E-state index in [4.69, 9.17) is 10.5 Å². The lowest BCUT2D eigenvalue weighted by Gasteiger charge is -2.12. The first-order chi connectivity index (χ1) is 16.8. The summed E-state index contributed by atoms with van der Waals surface area (Å²) in [4.78, 5) is 49.2. The summed E-state index contributed by atoms with van der Waals surface area (Å²) in [5, 5.41) is 5.45. The van der Waals surface area contributed by atoms with Gasteiger partial charge in [0.15, 0.2) is 6.61 Å². The van der Waals surface area contributed by atoms with Crippen LogP contribution in [0.25, 0.3) is 0 Å². The number of nitrogens with one attached hydrogen (secondary N) is 2. The molecule has 3 amide bonds. The zero-order chi connectivity index (χ0) is 25.2. The minimum atomic E-state index is -0.711. The number of ether oxygens (including phenoxy) is 1. The maximum absolute atomic E-state index is 12.7. The molecule has 4 N–H and O–H groups in total. The van der Waals surface area contributed by atoms with E-state index < -0.39 is 24.4 Å². The molecule has 0 aliphatic carbocycles. The van der Waals surface area contributed by atoms with Gasteiger partial charge in [0.2, 0.25) is 5.91 Å². The van der Waals surface area contributed by atoms with Crippen LogP contribution in [0.1, 0.15) is 31.8 Å². The van der Waals surface area contributed by atoms with Gasteiger partial charge in [-0.1, -0.05) is 54.1 Å². The lowest BCUT2D eigenvalue weighted by molar-refractivity contribution is -0.119. The second-order valence-electron chi connectivity index (χ2n) is 7.59. The Hall–Kier alpha value is -4.11. The quantitative estimate of drug-likeness (QED) is 0.295. The van der Waals surface area contributed by atoms with Gasteiger partial charge in [0.05, 0.1) is 22.6 Å². The van der Waals surface area contributed by atoms with Gasteiger partial charge in [-0.3, -0.25) is 14.4 Å². The van der Waals surface area contributed by atoms with Crippen LogP contribution < -0.4 is 16.4 Å². The van der Waals surface area contributed by atoms with E-state index >= 15 is 0 Å². The highest BCUT2D eigenvalue weighted by Crippen LogP contribution is 2.23. The molecular formula is C26H25N3O5S. The third kappa shape index (κ3) is 7.72. The van der Waals surface area contributed by atoms with Crippen molar-refractivity contribution in [3.8, 4) is 0 Å². The summed E-state index contributed by atoms with van der Waals surface area (Å²) >= 11 is 1.11. The van der Waals surface area contributed by atoms with E-state index in [1.807, 2.05) is 31.2 Å². The van der Waals surface area contributed by atoms with Crippen molar-refractivity contribution in [1.29, 1.82) is 0 Å². The Labute approximate surface area is 207 Å². The molecule has 0 aromatic heterocycles. The Morgan fingerprint density at radius 2 is 1.54 bits per heavy atom. The summed E-state index contributed by atoms with van der Waals surface area (Å²) in [6, 6.07) is 20.9. The minimum absolute atomic E-state index is 0.00748. The van der Waals surface area contributed by atoms with Gasteiger partial charge in [-0.25, -0.2) is 4.79 Å². The van der Waals surface area contributed by atoms with E-state index in [0.717, 1.165) is 22.9 Å². The van der Waals surface area contributed by atoms with Gasteiger partial charge in [-0.15, -0.1) is 11.8 Å². The molecule has 0 unspecified atom stereocenters. The number of hydrogen-bond acceptors (Lipinski definition) is 6. The molecule has 0 saturated heterocycles. The molecule has 180 valence electrons. The van der Waals surface area contributed by atoms with Gasteiger partial charge >= 0.3 is 5.97 Å². The van der Waals surface area contributed by atoms with Crippen LogP contribution in [-0.4, -0.2) is 36.1 Å². The molecule has 8 nitrogen and oxygen atoms in total. The van der Waals surface area contributed by atoms with Crippen molar-refractivity contribution in [3.05, 3.63) is 95.1 Å². The van der Waals surface area contributed by atoms with Crippen molar-refractivity contribution in [1.82, 2.24) is 5.32 Å². The van der Waals surface area contributed by atoms with Crippen LogP contribution in [-0.2, 0) is 20.9 Å². The van der Waals surface area contributed by atoms with Gasteiger partial charge < -0.3 is 21.1 Å². The molecule has 0 radical (unpaired) electrons. The maximum atomic E-state index is 12.7. The van der Waals surface area contributed by atoms with E-state index in [2.05, 4.69) is 10.6 Å². The number of anilines is 1. The van der Waals surface area contributed by atoms with E-state index in [9.17, 15) is 19.2 Å². The molecule has 0 heterocycles. The number of aryl methyl sites for hydroxylation is 1. The third-order valence-corrected chi connectivity index (χ3v) is 5.93. The minimum Gasteiger partial charge on any atom is -0.452 e. The van der Waals surface area contributed by atoms with Gasteiger partial charge in [0, 0.05) is 11.4 Å². The predicted octanol–water partition coefficient (Wildman–Crippen LogP) is 3.30. The smallest absolute Gasteiger partial charge is 0.339 e. The van der Waals surface area contributed by atoms with E-state index in [0.29, 0.717) is 17.1 Å². The third-order valence-electron chi connectivity index (χ3n) is 4.83. The van der Waals surface area contributed by atoms with Gasteiger partial charge in [0.25, 0.3) is 11.8 Å². The van der Waals surface area contributed by atoms with E-state index in [1.54, 1.807) is 42.5 Å². The largest absolute Gasteiger partial charge is 0.452 e. The van der Waals surface area contributed by atoms with Crippen LogP contribution in [0, 0.1) is 6.92 Å². The second-order valence-corrected chi connectivity index (χ2v) is 8.61. The molecular weight excluding hydrogens is 466 g/mol. The Kier molecular flexibility index (Phi) is 9.02. The summed E-state index contributed by atoms with van der Waals surface area (Å²) in [7, 11) is 0. The number of benzene rings is 3. The van der Waals surface area contributed by atoms with Crippen molar-refractivity contribution in [2.24, 2.45) is 5.73 Å². The van der Waals surface area contributed by atoms with E-state index in [-0.39, 0.29) is 22.8 Å². The van der Waals surface area contributed by atoms with Gasteiger partial charge in [0.1, 0.15) is 0 Å². The monoisotopic (exact) mass is 491 g/mol. The fourth-order valence-corrected chi connectivity index (χ4v) is 3.86. The molecule has 0 atom stereocenters. The molecule has 0 aliphatic rings. The number of hydrogen-bond donors (Lipinski definition) is 3. The van der Waals surface area contributed by atoms with E-state index in [1.165, 1.54) is 6.07 Å². The standard InChI is InChI=1S/C26H25N3O5S/c1-17-10-12-18(13-11-17)14-28-25(32)19-6-2-4-8-21(19)29-24(31)15-34-26(33)20-7-3-5-9-22(20)35-16-23(27)30/h2-13H,14-16H2,1H3,(H2,27,30)(H,28,32)(H,29,31). The molecule has 3 rings (SSSR count). The molecule has 0 spiro atoms. The molecule has 35 heavy (non-hydrogen) atoms. The predicted molar refractivity (Wildman–Crippen MR) is 134 cm³/mol. The Bertz CT molecular complexity index is 1230. The number of thioether (sulfide) groups is 1. The zero-order valence-corrected chi connectivity index (χ0v) is 19.9. The zero-order valence-electron chi connectivity index (χ0n) is 19.1. The van der Waals surface area contributed by atoms with Crippen molar-refractivity contribution < 1.29 is 23.9 Å². The molecule has 3 aromatic carbocycles. The average molecular weight is 492 g/mol. The highest BCUT2D eigenvalue weighted by Gasteiger charge is 2.17. The molecule has 9 heteroatoms. The number of amides is 3. The fourth-order valence-electron chi connectivity index (χ4n) is 3.08. The Balaban J connectivity index is 1.58. The first-order valence-electron chi connectivity index (χ1n) is 10.7. The van der Waals surface area contributed by atoms with Crippen LogP contribution in [0.15, 0.2) is 77.7 Å². The fraction of sp³-hybridized carbons (Fsp3) is 0.154. The molecule has 0 aliphatic heterocycles. The topological polar surface area (TPSA) is 128 Å². The summed E-state index contributed by atoms with van der Waals surface area (Å²) in [6.45, 7) is 1.78. The SMILES string of the molecule is Cc1ccc(CNC(=O)c2ccccc2NC(=O)COC(=O)c2ccccc2SCC(N)=O)cc1. The van der Waals surface area contributed by atoms with Crippen LogP contribution in [0.4, 0.5) is 5.69 Å². The number of primary amides is 1. The van der Waals surface area contributed by atoms with Crippen LogP contribution in [0.3, 0.4) is 0 Å². The summed E-state index contributed by atoms with van der Waals surface area (Å²) in [5.74, 6) is -2.16.